The predicted molar refractivity (Wildman–Crippen MR) is 122 cm³/mol. The first-order valence-corrected chi connectivity index (χ1v) is 12.5. The second-order valence-electron chi connectivity index (χ2n) is 8.13. The fourth-order valence-corrected chi connectivity index (χ4v) is 4.91. The third kappa shape index (κ3) is 5.17. The lowest BCUT2D eigenvalue weighted by Gasteiger charge is -2.29. The zero-order chi connectivity index (χ0) is 25.2. The van der Waals surface area contributed by atoms with Gasteiger partial charge in [-0.15, -0.1) is 0 Å². The second-order valence-corrected chi connectivity index (χ2v) is 10.2. The Kier molecular flexibility index (Phi) is 7.82. The van der Waals surface area contributed by atoms with Gasteiger partial charge in [0.15, 0.2) is 11.6 Å². The smallest absolute Gasteiger partial charge is 0.249 e. The van der Waals surface area contributed by atoms with Gasteiger partial charge in [-0.25, -0.2) is 30.7 Å². The molecule has 2 aromatic carbocycles. The third-order valence-corrected chi connectivity index (χ3v) is 7.40. The summed E-state index contributed by atoms with van der Waals surface area (Å²) in [6.07, 6.45) is -1.68. The van der Waals surface area contributed by atoms with Gasteiger partial charge in [-0.3, -0.25) is 4.79 Å². The number of carbonyl (C=O) groups is 1. The fourth-order valence-electron chi connectivity index (χ4n) is 4.02. The lowest BCUT2D eigenvalue weighted by molar-refractivity contribution is -0.128. The topological polar surface area (TPSA) is 66.5 Å². The number of hydrogen-bond acceptors (Lipinski definition) is 3. The molecule has 0 bridgehead atoms. The maximum atomic E-state index is 15.5. The minimum atomic E-state index is -3.84. The molecule has 34 heavy (non-hydrogen) atoms. The van der Waals surface area contributed by atoms with E-state index in [9.17, 15) is 26.4 Å². The van der Waals surface area contributed by atoms with Crippen molar-refractivity contribution in [3.05, 3.63) is 71.6 Å². The summed E-state index contributed by atoms with van der Waals surface area (Å²) < 4.78 is 85.1. The highest BCUT2D eigenvalue weighted by Crippen LogP contribution is 2.32. The van der Waals surface area contributed by atoms with Crippen LogP contribution in [0.15, 0.2) is 48.6 Å². The van der Waals surface area contributed by atoms with Gasteiger partial charge >= 0.3 is 0 Å². The van der Waals surface area contributed by atoms with Gasteiger partial charge in [-0.05, 0) is 31.4 Å². The Morgan fingerprint density at radius 2 is 1.71 bits per heavy atom. The summed E-state index contributed by atoms with van der Waals surface area (Å²) in [6.45, 7) is 6.38. The maximum absolute atomic E-state index is 15.5. The Balaban J connectivity index is 2.04. The van der Waals surface area contributed by atoms with Crippen LogP contribution >= 0.6 is 0 Å². The molecule has 1 aliphatic rings. The SMILES string of the molecule is C=C(CC)C(=O)N1C[C@H](F)[C@H](NS(=O)(=O)CC)[C@@H]1Cc1cccc(-c2cccc(F)c2F)c1F. The molecule has 0 aromatic heterocycles. The Morgan fingerprint density at radius 3 is 2.32 bits per heavy atom. The average Bonchev–Trinajstić information content (AvgIpc) is 3.10. The van der Waals surface area contributed by atoms with Crippen LogP contribution in [-0.2, 0) is 21.2 Å². The van der Waals surface area contributed by atoms with E-state index in [1.807, 2.05) is 0 Å². The van der Waals surface area contributed by atoms with Crippen LogP contribution in [0.25, 0.3) is 11.1 Å². The van der Waals surface area contributed by atoms with Crippen LogP contribution in [0.5, 0.6) is 0 Å². The summed E-state index contributed by atoms with van der Waals surface area (Å²) in [7, 11) is -3.84. The molecule has 5 nitrogen and oxygen atoms in total. The highest BCUT2D eigenvalue weighted by Gasteiger charge is 2.46. The zero-order valence-corrected chi connectivity index (χ0v) is 19.6. The predicted octanol–water partition coefficient (Wildman–Crippen LogP) is 4.14. The molecular weight excluding hydrogens is 472 g/mol. The van der Waals surface area contributed by atoms with E-state index in [4.69, 9.17) is 0 Å². The number of amides is 1. The summed E-state index contributed by atoms with van der Waals surface area (Å²) in [5, 5.41) is 0. The maximum Gasteiger partial charge on any atom is 0.249 e. The molecule has 0 radical (unpaired) electrons. The van der Waals surface area contributed by atoms with Crippen LogP contribution < -0.4 is 4.72 Å². The molecule has 1 saturated heterocycles. The molecule has 0 unspecified atom stereocenters. The lowest BCUT2D eigenvalue weighted by Crippen LogP contribution is -2.50. The van der Waals surface area contributed by atoms with Crippen molar-refractivity contribution < 1.29 is 30.8 Å². The van der Waals surface area contributed by atoms with Crippen molar-refractivity contribution in [1.29, 1.82) is 0 Å². The van der Waals surface area contributed by atoms with Crippen LogP contribution in [0.3, 0.4) is 0 Å². The molecule has 1 amide bonds. The quantitative estimate of drug-likeness (QED) is 0.440. The van der Waals surface area contributed by atoms with Gasteiger partial charge in [0.05, 0.1) is 24.4 Å². The molecule has 0 saturated carbocycles. The van der Waals surface area contributed by atoms with Crippen molar-refractivity contribution in [2.75, 3.05) is 12.3 Å². The summed E-state index contributed by atoms with van der Waals surface area (Å²) in [6, 6.07) is 5.11. The lowest BCUT2D eigenvalue weighted by atomic mass is 9.95. The number of halogens is 4. The Hall–Kier alpha value is -2.72. The molecule has 10 heteroatoms. The first-order valence-electron chi connectivity index (χ1n) is 10.8. The summed E-state index contributed by atoms with van der Waals surface area (Å²) in [5.74, 6) is -4.08. The van der Waals surface area contributed by atoms with Gasteiger partial charge in [0.1, 0.15) is 12.0 Å². The van der Waals surface area contributed by atoms with E-state index in [-0.39, 0.29) is 41.0 Å². The largest absolute Gasteiger partial charge is 0.331 e. The summed E-state index contributed by atoms with van der Waals surface area (Å²) in [4.78, 5) is 14.0. The highest BCUT2D eigenvalue weighted by atomic mass is 32.2. The molecule has 184 valence electrons. The minimum Gasteiger partial charge on any atom is -0.331 e. The van der Waals surface area contributed by atoms with E-state index in [1.165, 1.54) is 37.3 Å². The second kappa shape index (κ2) is 10.3. The number of hydrogen-bond donors (Lipinski definition) is 1. The van der Waals surface area contributed by atoms with Gasteiger partial charge in [-0.2, -0.15) is 0 Å². The van der Waals surface area contributed by atoms with Gasteiger partial charge in [0, 0.05) is 16.7 Å². The van der Waals surface area contributed by atoms with E-state index >= 15 is 4.39 Å². The highest BCUT2D eigenvalue weighted by molar-refractivity contribution is 7.89. The first-order chi connectivity index (χ1) is 16.0. The van der Waals surface area contributed by atoms with Crippen LogP contribution in [0.2, 0.25) is 0 Å². The number of rotatable bonds is 8. The average molecular weight is 499 g/mol. The fraction of sp³-hybridized carbons (Fsp3) is 0.375. The normalized spacial score (nSPS) is 20.5. The molecular formula is C24H26F4N2O3S. The molecule has 1 aliphatic heterocycles. The van der Waals surface area contributed by atoms with Crippen molar-refractivity contribution in [3.8, 4) is 11.1 Å². The van der Waals surface area contributed by atoms with E-state index < -0.39 is 51.6 Å². The van der Waals surface area contributed by atoms with Crippen molar-refractivity contribution in [3.63, 3.8) is 0 Å². The standard InChI is InChI=1S/C24H26F4N2O3S/c1-4-14(3)24(31)30-13-19(26)23(29-34(32,33)5-2)20(30)12-15-8-6-9-16(21(15)27)17-10-7-11-18(25)22(17)28/h6-11,19-20,23,29H,3-5,12-13H2,1-2H3/t19-,20-,23-/m0/s1. The molecule has 3 rings (SSSR count). The number of alkyl halides is 1. The van der Waals surface area contributed by atoms with Crippen LogP contribution in [-0.4, -0.2) is 49.8 Å². The molecule has 1 heterocycles. The number of nitrogens with one attached hydrogen (secondary N) is 1. The van der Waals surface area contributed by atoms with Gasteiger partial charge in [0.25, 0.3) is 0 Å². The number of likely N-dealkylation sites (tertiary alicyclic amines) is 1. The minimum absolute atomic E-state index is 0.000804. The molecule has 0 spiro atoms. The van der Waals surface area contributed by atoms with Crippen molar-refractivity contribution in [2.45, 2.75) is 44.9 Å². The number of nitrogens with zero attached hydrogens (tertiary/aromatic N) is 1. The Morgan fingerprint density at radius 1 is 1.09 bits per heavy atom. The Bertz CT molecular complexity index is 1200. The van der Waals surface area contributed by atoms with Crippen molar-refractivity contribution >= 4 is 15.9 Å². The van der Waals surface area contributed by atoms with Gasteiger partial charge < -0.3 is 4.90 Å². The van der Waals surface area contributed by atoms with Crippen LogP contribution in [0.4, 0.5) is 17.6 Å². The van der Waals surface area contributed by atoms with E-state index in [1.54, 1.807) is 6.92 Å². The number of carbonyl (C=O) groups excluding carboxylic acids is 1. The molecule has 1 N–H and O–H groups in total. The summed E-state index contributed by atoms with van der Waals surface area (Å²) in [5.41, 5.74) is -0.288. The Labute approximate surface area is 196 Å². The van der Waals surface area contributed by atoms with Crippen molar-refractivity contribution in [1.82, 2.24) is 9.62 Å². The zero-order valence-electron chi connectivity index (χ0n) is 18.8. The van der Waals surface area contributed by atoms with E-state index in [0.29, 0.717) is 6.42 Å². The number of sulfonamides is 1. The summed E-state index contributed by atoms with van der Waals surface area (Å²) >= 11 is 0. The van der Waals surface area contributed by atoms with Crippen molar-refractivity contribution in [2.24, 2.45) is 0 Å². The van der Waals surface area contributed by atoms with Gasteiger partial charge in [0.2, 0.25) is 15.9 Å². The molecule has 0 aliphatic carbocycles. The van der Waals surface area contributed by atoms with E-state index in [2.05, 4.69) is 11.3 Å². The van der Waals surface area contributed by atoms with Gasteiger partial charge in [-0.1, -0.05) is 43.8 Å². The molecule has 1 fully saturated rings. The van der Waals surface area contributed by atoms with Crippen LogP contribution in [0.1, 0.15) is 25.8 Å². The molecule has 3 atom stereocenters. The number of benzene rings is 2. The molecule has 2 aromatic rings. The third-order valence-electron chi connectivity index (χ3n) is 6.01. The first kappa shape index (κ1) is 25.9. The van der Waals surface area contributed by atoms with Crippen LogP contribution in [0, 0.1) is 17.5 Å². The van der Waals surface area contributed by atoms with E-state index in [0.717, 1.165) is 11.0 Å². The monoisotopic (exact) mass is 498 g/mol.